The molecule has 1 aliphatic rings. The third-order valence-electron chi connectivity index (χ3n) is 6.13. The van der Waals surface area contributed by atoms with Gasteiger partial charge in [-0.3, -0.25) is 4.79 Å². The number of benzene rings is 2. The fourth-order valence-electron chi connectivity index (χ4n) is 4.30. The molecule has 0 aliphatic heterocycles. The zero-order valence-electron chi connectivity index (χ0n) is 19.3. The van der Waals surface area contributed by atoms with Crippen molar-refractivity contribution in [3.63, 3.8) is 0 Å². The Hall–Kier alpha value is -3.78. The number of amides is 1. The quantitative estimate of drug-likeness (QED) is 0.319. The molecule has 0 spiro atoms. The van der Waals surface area contributed by atoms with E-state index < -0.39 is 11.6 Å². The van der Waals surface area contributed by atoms with Gasteiger partial charge in [0.15, 0.2) is 11.6 Å². The van der Waals surface area contributed by atoms with Crippen LogP contribution in [0.5, 0.6) is 11.6 Å². The van der Waals surface area contributed by atoms with Crippen LogP contribution in [-0.2, 0) is 0 Å². The van der Waals surface area contributed by atoms with E-state index in [4.69, 9.17) is 4.74 Å². The lowest BCUT2D eigenvalue weighted by Crippen LogP contribution is -2.40. The molecule has 2 N–H and O–H groups in total. The minimum atomic E-state index is -1.03. The summed E-state index contributed by atoms with van der Waals surface area (Å²) in [6.45, 7) is 0. The van der Waals surface area contributed by atoms with Crippen LogP contribution < -0.4 is 15.4 Å². The third kappa shape index (κ3) is 5.88. The average molecular weight is 511 g/mol. The summed E-state index contributed by atoms with van der Waals surface area (Å²) in [6, 6.07) is 18.7. The van der Waals surface area contributed by atoms with E-state index in [0.29, 0.717) is 0 Å². The largest absolute Gasteiger partial charge is 0.438 e. The van der Waals surface area contributed by atoms with E-state index in [1.807, 2.05) is 30.3 Å². The second-order valence-corrected chi connectivity index (χ2v) is 8.59. The highest BCUT2D eigenvalue weighted by atomic mass is 35.5. The van der Waals surface area contributed by atoms with E-state index in [-0.39, 0.29) is 47.6 Å². The maximum absolute atomic E-state index is 13.5. The van der Waals surface area contributed by atoms with Crippen LogP contribution in [0.15, 0.2) is 72.9 Å². The summed E-state index contributed by atoms with van der Waals surface area (Å²) in [5, 5.41) is 7.67. The van der Waals surface area contributed by atoms with Gasteiger partial charge in [-0.2, -0.15) is 0 Å². The van der Waals surface area contributed by atoms with Gasteiger partial charge in [-0.05, 0) is 68.1 Å². The van der Waals surface area contributed by atoms with Gasteiger partial charge in [-0.25, -0.2) is 18.7 Å². The van der Waals surface area contributed by atoms with Crippen LogP contribution in [0, 0.1) is 11.6 Å². The molecule has 1 aliphatic carbocycles. The van der Waals surface area contributed by atoms with Crippen molar-refractivity contribution in [1.29, 1.82) is 0 Å². The molecule has 0 bridgehead atoms. The van der Waals surface area contributed by atoms with Crippen molar-refractivity contribution in [2.75, 3.05) is 5.32 Å². The number of rotatable bonds is 6. The number of hydrogen-bond acceptors (Lipinski definition) is 5. The fraction of sp³-hybridized carbons (Fsp3) is 0.222. The van der Waals surface area contributed by atoms with Crippen LogP contribution in [0.2, 0.25) is 0 Å². The fourth-order valence-corrected chi connectivity index (χ4v) is 4.30. The van der Waals surface area contributed by atoms with Crippen LogP contribution in [0.25, 0.3) is 10.9 Å². The molecule has 0 unspecified atom stereocenters. The number of nitrogens with zero attached hydrogens (tertiary/aromatic N) is 2. The van der Waals surface area contributed by atoms with Gasteiger partial charge in [0.2, 0.25) is 5.88 Å². The van der Waals surface area contributed by atoms with Gasteiger partial charge in [0.1, 0.15) is 17.1 Å². The Balaban J connectivity index is 0.00000304. The Kier molecular flexibility index (Phi) is 7.95. The number of halogens is 3. The van der Waals surface area contributed by atoms with Crippen LogP contribution >= 0.6 is 12.4 Å². The number of carbonyl (C=O) groups is 1. The summed E-state index contributed by atoms with van der Waals surface area (Å²) in [5.41, 5.74) is 1.19. The molecule has 1 saturated carbocycles. The number of aromatic nitrogens is 2. The monoisotopic (exact) mass is 510 g/mol. The van der Waals surface area contributed by atoms with Gasteiger partial charge in [-0.1, -0.05) is 18.2 Å². The molecule has 2 aromatic heterocycles. The van der Waals surface area contributed by atoms with Crippen molar-refractivity contribution < 1.29 is 18.3 Å². The SMILES string of the molecule is Cl.O=C(NC1CCC(Nc2ccc3ccccc3n2)CC1)c1cccnc1Oc1ccc(F)c(F)c1. The molecule has 2 aromatic carbocycles. The number of fused-ring (bicyclic) bond motifs is 1. The normalized spacial score (nSPS) is 17.2. The number of nitrogens with one attached hydrogen (secondary N) is 2. The Morgan fingerprint density at radius 2 is 1.67 bits per heavy atom. The lowest BCUT2D eigenvalue weighted by atomic mass is 9.91. The minimum Gasteiger partial charge on any atom is -0.438 e. The number of anilines is 1. The van der Waals surface area contributed by atoms with Crippen molar-refractivity contribution >= 4 is 35.0 Å². The predicted molar refractivity (Wildman–Crippen MR) is 137 cm³/mol. The average Bonchev–Trinajstić information content (AvgIpc) is 2.88. The van der Waals surface area contributed by atoms with Crippen molar-refractivity contribution in [3.05, 3.63) is 90.1 Å². The lowest BCUT2D eigenvalue weighted by Gasteiger charge is -2.30. The van der Waals surface area contributed by atoms with E-state index in [2.05, 4.69) is 26.7 Å². The van der Waals surface area contributed by atoms with E-state index in [1.165, 1.54) is 12.3 Å². The highest BCUT2D eigenvalue weighted by Crippen LogP contribution is 2.26. The van der Waals surface area contributed by atoms with Crippen molar-refractivity contribution in [2.45, 2.75) is 37.8 Å². The van der Waals surface area contributed by atoms with Crippen molar-refractivity contribution in [2.24, 2.45) is 0 Å². The summed E-state index contributed by atoms with van der Waals surface area (Å²) < 4.78 is 32.3. The summed E-state index contributed by atoms with van der Waals surface area (Å²) in [4.78, 5) is 21.7. The van der Waals surface area contributed by atoms with Gasteiger partial charge in [0.25, 0.3) is 5.91 Å². The Morgan fingerprint density at radius 3 is 2.47 bits per heavy atom. The molecule has 5 rings (SSSR count). The summed E-state index contributed by atoms with van der Waals surface area (Å²) in [5.74, 6) is -1.38. The summed E-state index contributed by atoms with van der Waals surface area (Å²) in [7, 11) is 0. The highest BCUT2D eigenvalue weighted by molar-refractivity contribution is 5.96. The van der Waals surface area contributed by atoms with Gasteiger partial charge in [0, 0.05) is 29.7 Å². The molecule has 1 amide bonds. The Labute approximate surface area is 213 Å². The molecule has 2 heterocycles. The van der Waals surface area contributed by atoms with Gasteiger partial charge in [0.05, 0.1) is 5.52 Å². The van der Waals surface area contributed by atoms with E-state index in [9.17, 15) is 13.6 Å². The number of para-hydroxylation sites is 1. The number of ether oxygens (including phenoxy) is 1. The first-order valence-corrected chi connectivity index (χ1v) is 11.6. The summed E-state index contributed by atoms with van der Waals surface area (Å²) >= 11 is 0. The molecule has 1 fully saturated rings. The Morgan fingerprint density at radius 1 is 0.889 bits per heavy atom. The van der Waals surface area contributed by atoms with Gasteiger partial charge < -0.3 is 15.4 Å². The molecule has 0 atom stereocenters. The first kappa shape index (κ1) is 25.3. The highest BCUT2D eigenvalue weighted by Gasteiger charge is 2.24. The molecular formula is C27H25ClF2N4O2. The molecule has 36 heavy (non-hydrogen) atoms. The van der Waals surface area contributed by atoms with Crippen LogP contribution in [0.1, 0.15) is 36.0 Å². The maximum Gasteiger partial charge on any atom is 0.257 e. The Bertz CT molecular complexity index is 1360. The van der Waals surface area contributed by atoms with Gasteiger partial charge in [-0.15, -0.1) is 12.4 Å². The van der Waals surface area contributed by atoms with E-state index in [0.717, 1.165) is 54.5 Å². The standard InChI is InChI=1S/C27H24F2N4O2.ClH/c28-22-13-12-20(16-23(22)29)35-27-21(5-3-15-30-27)26(34)32-19-10-8-18(9-11-19)31-25-14-7-17-4-1-2-6-24(17)33-25;/h1-7,12-16,18-19H,8-11H2,(H,31,33)(H,32,34);1H. The smallest absolute Gasteiger partial charge is 0.257 e. The maximum atomic E-state index is 13.5. The zero-order chi connectivity index (χ0) is 24.2. The summed E-state index contributed by atoms with van der Waals surface area (Å²) in [6.07, 6.45) is 4.90. The first-order valence-electron chi connectivity index (χ1n) is 11.6. The second kappa shape index (κ2) is 11.3. The van der Waals surface area contributed by atoms with E-state index >= 15 is 0 Å². The molecule has 0 radical (unpaired) electrons. The van der Waals surface area contributed by atoms with E-state index in [1.54, 1.807) is 12.1 Å². The van der Waals surface area contributed by atoms with Crippen molar-refractivity contribution in [1.82, 2.24) is 15.3 Å². The van der Waals surface area contributed by atoms with Crippen LogP contribution in [0.4, 0.5) is 14.6 Å². The topological polar surface area (TPSA) is 76.1 Å². The number of pyridine rings is 2. The van der Waals surface area contributed by atoms with Crippen LogP contribution in [0.3, 0.4) is 0 Å². The zero-order valence-corrected chi connectivity index (χ0v) is 20.1. The second-order valence-electron chi connectivity index (χ2n) is 8.59. The molecule has 6 nitrogen and oxygen atoms in total. The van der Waals surface area contributed by atoms with Crippen LogP contribution in [-0.4, -0.2) is 28.0 Å². The molecule has 4 aromatic rings. The van der Waals surface area contributed by atoms with Crippen molar-refractivity contribution in [3.8, 4) is 11.6 Å². The lowest BCUT2D eigenvalue weighted by molar-refractivity contribution is 0.0923. The number of hydrogen-bond donors (Lipinski definition) is 2. The molecule has 9 heteroatoms. The van der Waals surface area contributed by atoms with Gasteiger partial charge >= 0.3 is 0 Å². The third-order valence-corrected chi connectivity index (χ3v) is 6.13. The molecule has 186 valence electrons. The number of carbonyl (C=O) groups excluding carboxylic acids is 1. The molecule has 0 saturated heterocycles. The molecular weight excluding hydrogens is 486 g/mol. The minimum absolute atomic E-state index is 0. The predicted octanol–water partition coefficient (Wildman–Crippen LogP) is 6.28. The first-order chi connectivity index (χ1) is 17.0.